The van der Waals surface area contributed by atoms with E-state index in [-0.39, 0.29) is 0 Å². The van der Waals surface area contributed by atoms with Gasteiger partial charge in [0.1, 0.15) is 12.4 Å². The van der Waals surface area contributed by atoms with Gasteiger partial charge in [-0.25, -0.2) is 4.98 Å². The molecule has 0 saturated carbocycles. The molecule has 3 aromatic rings. The number of carboxylic acid groups (broad SMARTS) is 1. The predicted molar refractivity (Wildman–Crippen MR) is 111 cm³/mol. The molecule has 0 aliphatic carbocycles. The number of benzene rings is 1. The van der Waals surface area contributed by atoms with E-state index in [0.717, 1.165) is 39.0 Å². The van der Waals surface area contributed by atoms with Crippen molar-refractivity contribution in [2.45, 2.75) is 20.0 Å². The van der Waals surface area contributed by atoms with Crippen LogP contribution < -0.4 is 10.2 Å². The fraction of sp³-hybridized carbons (Fsp3) is 0.333. The quantitative estimate of drug-likeness (QED) is 0.586. The van der Waals surface area contributed by atoms with Gasteiger partial charge in [0.25, 0.3) is 5.91 Å². The molecule has 1 aromatic carbocycles. The molecule has 1 fully saturated rings. The average molecular weight is 409 g/mol. The lowest BCUT2D eigenvalue weighted by molar-refractivity contribution is -0.140. The zero-order valence-electron chi connectivity index (χ0n) is 16.8. The van der Waals surface area contributed by atoms with Gasteiger partial charge in [-0.2, -0.15) is 5.10 Å². The van der Waals surface area contributed by atoms with Gasteiger partial charge >= 0.3 is 5.97 Å². The van der Waals surface area contributed by atoms with E-state index in [2.05, 4.69) is 41.5 Å². The second-order valence-corrected chi connectivity index (χ2v) is 7.34. The molecule has 30 heavy (non-hydrogen) atoms. The molecule has 1 saturated heterocycles. The lowest BCUT2D eigenvalue weighted by Gasteiger charge is -2.33. The van der Waals surface area contributed by atoms with Gasteiger partial charge < -0.3 is 20.1 Å². The van der Waals surface area contributed by atoms with Crippen molar-refractivity contribution in [3.05, 3.63) is 41.7 Å². The van der Waals surface area contributed by atoms with Gasteiger partial charge in [-0.05, 0) is 36.6 Å². The molecule has 2 aromatic heterocycles. The Labute approximate surface area is 173 Å². The summed E-state index contributed by atoms with van der Waals surface area (Å²) in [5.41, 5.74) is 5.12. The summed E-state index contributed by atoms with van der Waals surface area (Å²) in [5.74, 6) is -0.792. The van der Waals surface area contributed by atoms with E-state index in [1.807, 2.05) is 17.2 Å². The van der Waals surface area contributed by atoms with Crippen LogP contribution in [-0.2, 0) is 14.3 Å². The molecular formula is C21H23N5O4. The predicted octanol–water partition coefficient (Wildman–Crippen LogP) is 1.65. The molecule has 1 amide bonds. The molecule has 9 nitrogen and oxygen atoms in total. The summed E-state index contributed by atoms with van der Waals surface area (Å²) < 4.78 is 5.57. The number of hydrogen-bond acceptors (Lipinski definition) is 6. The average Bonchev–Trinajstić information content (AvgIpc) is 3.29. The first-order valence-corrected chi connectivity index (χ1v) is 9.70. The van der Waals surface area contributed by atoms with Gasteiger partial charge in [0.15, 0.2) is 6.10 Å². The molecule has 0 radical (unpaired) electrons. The van der Waals surface area contributed by atoms with E-state index in [1.54, 1.807) is 6.20 Å². The van der Waals surface area contributed by atoms with E-state index in [9.17, 15) is 9.59 Å². The number of rotatable bonds is 5. The third-order valence-electron chi connectivity index (χ3n) is 5.40. The van der Waals surface area contributed by atoms with Crippen LogP contribution in [0.3, 0.4) is 0 Å². The monoisotopic (exact) mass is 409 g/mol. The van der Waals surface area contributed by atoms with Crippen LogP contribution in [0.4, 0.5) is 5.82 Å². The Balaban J connectivity index is 1.71. The fourth-order valence-corrected chi connectivity index (χ4v) is 3.61. The van der Waals surface area contributed by atoms with E-state index in [1.165, 1.54) is 0 Å². The second-order valence-electron chi connectivity index (χ2n) is 7.34. The summed E-state index contributed by atoms with van der Waals surface area (Å²) in [4.78, 5) is 29.9. The minimum absolute atomic E-state index is 0.291. The number of aliphatic carboxylic acids is 1. The van der Waals surface area contributed by atoms with Crippen molar-refractivity contribution in [3.8, 4) is 11.1 Å². The number of anilines is 1. The molecule has 3 N–H and O–H groups in total. The number of carboxylic acids is 1. The molecule has 0 bridgehead atoms. The smallest absolute Gasteiger partial charge is 0.322 e. The largest absolute Gasteiger partial charge is 0.480 e. The maximum atomic E-state index is 12.3. The van der Waals surface area contributed by atoms with Gasteiger partial charge in [0.05, 0.1) is 24.9 Å². The molecule has 0 spiro atoms. The molecule has 0 unspecified atom stereocenters. The third-order valence-corrected chi connectivity index (χ3v) is 5.40. The molecule has 1 atom stereocenters. The number of aromatic amines is 1. The van der Waals surface area contributed by atoms with E-state index in [4.69, 9.17) is 14.8 Å². The van der Waals surface area contributed by atoms with E-state index in [0.29, 0.717) is 19.7 Å². The van der Waals surface area contributed by atoms with E-state index < -0.39 is 24.5 Å². The number of nitrogens with one attached hydrogen (secondary N) is 2. The number of amides is 1. The zero-order valence-corrected chi connectivity index (χ0v) is 16.8. The Morgan fingerprint density at radius 1 is 1.37 bits per heavy atom. The standard InChI is InChI=1S/C21H23N5O4/c1-12-3-4-15-16(14-8-23-24-9-14)7-18(25-20(15)13(12)2)26-5-6-30-17(11-26)21(29)22-10-19(27)28/h3-4,7-9,17H,5-6,10-11H2,1-2H3,(H,22,29)(H,23,24)(H,27,28)/t17-/m1/s1. The number of fused-ring (bicyclic) bond motifs is 1. The highest BCUT2D eigenvalue weighted by atomic mass is 16.5. The third kappa shape index (κ3) is 3.84. The van der Waals surface area contributed by atoms with Crippen molar-refractivity contribution in [2.75, 3.05) is 31.1 Å². The number of nitrogens with zero attached hydrogens (tertiary/aromatic N) is 3. The highest BCUT2D eigenvalue weighted by Gasteiger charge is 2.28. The summed E-state index contributed by atoms with van der Waals surface area (Å²) in [6.45, 7) is 4.89. The van der Waals surface area contributed by atoms with Crippen molar-refractivity contribution in [1.82, 2.24) is 20.5 Å². The number of ether oxygens (including phenoxy) is 1. The Hall–Kier alpha value is -3.46. The number of H-pyrrole nitrogens is 1. The van der Waals surface area contributed by atoms with Crippen LogP contribution in [0.5, 0.6) is 0 Å². The van der Waals surface area contributed by atoms with Crippen LogP contribution in [0.1, 0.15) is 11.1 Å². The van der Waals surface area contributed by atoms with Crippen LogP contribution >= 0.6 is 0 Å². The molecule has 1 aliphatic rings. The van der Waals surface area contributed by atoms with Gasteiger partial charge in [-0.1, -0.05) is 12.1 Å². The lowest BCUT2D eigenvalue weighted by atomic mass is 9.98. The summed E-state index contributed by atoms with van der Waals surface area (Å²) in [7, 11) is 0. The number of aromatic nitrogens is 3. The van der Waals surface area contributed by atoms with Crippen molar-refractivity contribution < 1.29 is 19.4 Å². The fourth-order valence-electron chi connectivity index (χ4n) is 3.61. The number of hydrogen-bond donors (Lipinski definition) is 3. The van der Waals surface area contributed by atoms with Gasteiger partial charge in [-0.15, -0.1) is 0 Å². The zero-order chi connectivity index (χ0) is 21.3. The molecular weight excluding hydrogens is 386 g/mol. The summed E-state index contributed by atoms with van der Waals surface area (Å²) in [6.07, 6.45) is 2.86. The van der Waals surface area contributed by atoms with Crippen molar-refractivity contribution in [1.29, 1.82) is 0 Å². The molecule has 1 aliphatic heterocycles. The molecule has 4 rings (SSSR count). The number of pyridine rings is 1. The first-order chi connectivity index (χ1) is 14.4. The topological polar surface area (TPSA) is 120 Å². The van der Waals surface area contributed by atoms with Crippen LogP contribution in [-0.4, -0.2) is 64.5 Å². The lowest BCUT2D eigenvalue weighted by Crippen LogP contribution is -2.50. The van der Waals surface area contributed by atoms with Crippen LogP contribution in [0, 0.1) is 13.8 Å². The van der Waals surface area contributed by atoms with Crippen LogP contribution in [0.2, 0.25) is 0 Å². The highest BCUT2D eigenvalue weighted by molar-refractivity contribution is 5.98. The van der Waals surface area contributed by atoms with Crippen molar-refractivity contribution in [3.63, 3.8) is 0 Å². The first kappa shape index (κ1) is 19.8. The number of carbonyl (C=O) groups is 2. The maximum Gasteiger partial charge on any atom is 0.322 e. The Kier molecular flexibility index (Phi) is 5.37. The minimum Gasteiger partial charge on any atom is -0.480 e. The van der Waals surface area contributed by atoms with Gasteiger partial charge in [0.2, 0.25) is 0 Å². The maximum absolute atomic E-state index is 12.3. The number of aryl methyl sites for hydroxylation is 2. The molecule has 156 valence electrons. The first-order valence-electron chi connectivity index (χ1n) is 9.70. The molecule has 3 heterocycles. The highest BCUT2D eigenvalue weighted by Crippen LogP contribution is 2.33. The van der Waals surface area contributed by atoms with Crippen molar-refractivity contribution >= 4 is 28.6 Å². The summed E-state index contributed by atoms with van der Waals surface area (Å²) in [5, 5.41) is 19.1. The number of morpholine rings is 1. The van der Waals surface area contributed by atoms with Crippen molar-refractivity contribution in [2.24, 2.45) is 0 Å². The summed E-state index contributed by atoms with van der Waals surface area (Å²) >= 11 is 0. The van der Waals surface area contributed by atoms with Crippen LogP contribution in [0.25, 0.3) is 22.0 Å². The second kappa shape index (κ2) is 8.11. The Morgan fingerprint density at radius 2 is 2.20 bits per heavy atom. The SMILES string of the molecule is Cc1ccc2c(-c3cn[nH]c3)cc(N3CCO[C@@H](C(=O)NCC(=O)O)C3)nc2c1C. The Morgan fingerprint density at radius 3 is 2.93 bits per heavy atom. The summed E-state index contributed by atoms with van der Waals surface area (Å²) in [6, 6.07) is 6.15. The van der Waals surface area contributed by atoms with Gasteiger partial charge in [-0.3, -0.25) is 14.7 Å². The van der Waals surface area contributed by atoms with Gasteiger partial charge in [0, 0.05) is 23.7 Å². The Bertz CT molecular complexity index is 1100. The molecule has 9 heteroatoms. The van der Waals surface area contributed by atoms with Crippen LogP contribution in [0.15, 0.2) is 30.6 Å². The normalized spacial score (nSPS) is 16.6. The van der Waals surface area contributed by atoms with E-state index >= 15 is 0 Å². The number of carbonyl (C=O) groups excluding carboxylic acids is 1. The minimum atomic E-state index is -1.09.